The number of aromatic nitrogens is 2. The summed E-state index contributed by atoms with van der Waals surface area (Å²) in [6, 6.07) is 10.4. The third-order valence-electron chi connectivity index (χ3n) is 6.43. The Balaban J connectivity index is 1.78. The highest BCUT2D eigenvalue weighted by atomic mass is 32.2. The van der Waals surface area contributed by atoms with Crippen LogP contribution in [-0.4, -0.2) is 60.5 Å². The number of β-amino-alcohol motifs (C(OH)–C–C–N with tert-alkyl or cyclic N) is 1. The first-order valence-electron chi connectivity index (χ1n) is 12.5. The van der Waals surface area contributed by atoms with E-state index in [-0.39, 0.29) is 11.5 Å². The summed E-state index contributed by atoms with van der Waals surface area (Å²) in [4.78, 5) is 28.5. The number of nitrogens with zero attached hydrogens (tertiary/aromatic N) is 2. The van der Waals surface area contributed by atoms with Gasteiger partial charge in [-0.3, -0.25) is 24.0 Å². The molecule has 1 aliphatic heterocycles. The minimum atomic E-state index is -3.47. The van der Waals surface area contributed by atoms with Gasteiger partial charge < -0.3 is 9.84 Å². The molecule has 1 aromatic heterocycles. The molecule has 1 saturated heterocycles. The molecule has 10 nitrogen and oxygen atoms in total. The Bertz CT molecular complexity index is 1630. The van der Waals surface area contributed by atoms with Gasteiger partial charge in [0, 0.05) is 43.0 Å². The number of aliphatic hydroxyl groups is 1. The fourth-order valence-corrected chi connectivity index (χ4v) is 5.15. The van der Waals surface area contributed by atoms with Crippen molar-refractivity contribution in [2.45, 2.75) is 38.8 Å². The molecule has 0 unspecified atom stereocenters. The Labute approximate surface area is 227 Å². The molecular weight excluding hydrogens is 520 g/mol. The molecule has 4 rings (SSSR count). The topological polar surface area (TPSA) is 134 Å². The van der Waals surface area contributed by atoms with Gasteiger partial charge in [0.15, 0.2) is 0 Å². The number of ether oxygens (including phenoxy) is 1. The third kappa shape index (κ3) is 6.86. The highest BCUT2D eigenvalue weighted by Crippen LogP contribution is 2.37. The Morgan fingerprint density at radius 2 is 1.85 bits per heavy atom. The number of hydrogen-bond donors (Lipinski definition) is 3. The summed E-state index contributed by atoms with van der Waals surface area (Å²) in [5.74, 6) is 0.658. The van der Waals surface area contributed by atoms with Gasteiger partial charge in [0.05, 0.1) is 30.8 Å². The number of benzene rings is 2. The summed E-state index contributed by atoms with van der Waals surface area (Å²) in [7, 11) is -1.87. The first kappa shape index (κ1) is 28.3. The van der Waals surface area contributed by atoms with Gasteiger partial charge in [0.25, 0.3) is 5.56 Å². The predicted molar refractivity (Wildman–Crippen MR) is 153 cm³/mol. The van der Waals surface area contributed by atoms with Crippen LogP contribution in [0.3, 0.4) is 0 Å². The van der Waals surface area contributed by atoms with Gasteiger partial charge in [-0.1, -0.05) is 39.0 Å². The Hall–Kier alpha value is -3.67. The van der Waals surface area contributed by atoms with Crippen molar-refractivity contribution < 1.29 is 18.3 Å². The van der Waals surface area contributed by atoms with E-state index in [0.29, 0.717) is 36.8 Å². The quantitative estimate of drug-likeness (QED) is 0.365. The minimum Gasteiger partial charge on any atom is -0.496 e. The Morgan fingerprint density at radius 1 is 1.13 bits per heavy atom. The van der Waals surface area contributed by atoms with E-state index in [9.17, 15) is 23.1 Å². The number of anilines is 1. The lowest BCUT2D eigenvalue weighted by Gasteiger charge is -2.36. The average molecular weight is 555 g/mol. The molecule has 0 atom stereocenters. The predicted octanol–water partition coefficient (Wildman–Crippen LogP) is 2.55. The summed E-state index contributed by atoms with van der Waals surface area (Å²) in [6.07, 6.45) is 5.95. The van der Waals surface area contributed by atoms with Gasteiger partial charge in [0.1, 0.15) is 5.75 Å². The summed E-state index contributed by atoms with van der Waals surface area (Å²) < 4.78 is 33.6. The summed E-state index contributed by atoms with van der Waals surface area (Å²) in [6.45, 7) is 7.68. The van der Waals surface area contributed by atoms with Crippen LogP contribution in [0.1, 0.15) is 43.0 Å². The molecule has 2 aromatic carbocycles. The monoisotopic (exact) mass is 554 g/mol. The molecule has 208 valence electrons. The van der Waals surface area contributed by atoms with Crippen molar-refractivity contribution in [3.63, 3.8) is 0 Å². The van der Waals surface area contributed by atoms with Crippen LogP contribution < -0.4 is 20.7 Å². The van der Waals surface area contributed by atoms with Gasteiger partial charge in [-0.2, -0.15) is 0 Å². The van der Waals surface area contributed by atoms with Crippen molar-refractivity contribution in [1.29, 1.82) is 0 Å². The second kappa shape index (κ2) is 10.8. The number of sulfonamides is 1. The van der Waals surface area contributed by atoms with Crippen LogP contribution in [0.15, 0.2) is 52.2 Å². The van der Waals surface area contributed by atoms with Crippen LogP contribution in [0.25, 0.3) is 17.8 Å². The fourth-order valence-electron chi connectivity index (χ4n) is 4.55. The lowest BCUT2D eigenvalue weighted by atomic mass is 9.84. The average Bonchev–Trinajstić information content (AvgIpc) is 2.81. The molecule has 2 heterocycles. The Kier molecular flexibility index (Phi) is 7.87. The van der Waals surface area contributed by atoms with Crippen molar-refractivity contribution >= 4 is 27.9 Å². The first-order chi connectivity index (χ1) is 18.2. The van der Waals surface area contributed by atoms with E-state index in [1.165, 1.54) is 16.8 Å². The van der Waals surface area contributed by atoms with Gasteiger partial charge in [0.2, 0.25) is 10.0 Å². The molecule has 0 radical (unpaired) electrons. The lowest BCUT2D eigenvalue weighted by Crippen LogP contribution is -2.49. The molecule has 0 spiro atoms. The maximum absolute atomic E-state index is 12.5. The number of likely N-dealkylation sites (tertiary alicyclic amines) is 1. The standard InChI is InChI=1S/C28H34N4O6S/c1-28(2,3)23-14-21(32-11-10-25(34)29-27(32)35)13-19(26(23)38-4)8-6-18-7-9-24(30-39(5,36)37)20(12-18)15-31-16-22(33)17-31/h6-14,22,30,33H,15-17H2,1-5H3,(H,29,34,35). The molecule has 3 aromatic rings. The number of aromatic amines is 1. The number of methoxy groups -OCH3 is 1. The van der Waals surface area contributed by atoms with E-state index < -0.39 is 21.3 Å². The Morgan fingerprint density at radius 3 is 2.44 bits per heavy atom. The van der Waals surface area contributed by atoms with Gasteiger partial charge in [-0.15, -0.1) is 0 Å². The molecule has 3 N–H and O–H groups in total. The van der Waals surface area contributed by atoms with Crippen molar-refractivity contribution in [3.8, 4) is 11.4 Å². The molecular formula is C28H34N4O6S. The maximum Gasteiger partial charge on any atom is 0.332 e. The summed E-state index contributed by atoms with van der Waals surface area (Å²) >= 11 is 0. The van der Waals surface area contributed by atoms with Crippen molar-refractivity contribution in [2.75, 3.05) is 31.2 Å². The summed E-state index contributed by atoms with van der Waals surface area (Å²) in [5, 5.41) is 9.67. The second-order valence-corrected chi connectivity index (χ2v) is 12.6. The van der Waals surface area contributed by atoms with Gasteiger partial charge >= 0.3 is 5.69 Å². The minimum absolute atomic E-state index is 0.316. The molecule has 11 heteroatoms. The van der Waals surface area contributed by atoms with Crippen LogP contribution in [0.4, 0.5) is 5.69 Å². The zero-order chi connectivity index (χ0) is 28.5. The molecule has 0 amide bonds. The summed E-state index contributed by atoms with van der Waals surface area (Å²) in [5.41, 5.74) is 2.95. The van der Waals surface area contributed by atoms with Crippen molar-refractivity contribution in [1.82, 2.24) is 14.5 Å². The normalized spacial score (nSPS) is 14.9. The molecule has 0 saturated carbocycles. The van der Waals surface area contributed by atoms with Crippen molar-refractivity contribution in [2.24, 2.45) is 0 Å². The van der Waals surface area contributed by atoms with E-state index in [1.54, 1.807) is 13.2 Å². The van der Waals surface area contributed by atoms with Crippen LogP contribution in [0.2, 0.25) is 0 Å². The van der Waals surface area contributed by atoms with E-state index >= 15 is 0 Å². The molecule has 1 fully saturated rings. The highest BCUT2D eigenvalue weighted by molar-refractivity contribution is 7.92. The molecule has 39 heavy (non-hydrogen) atoms. The first-order valence-corrected chi connectivity index (χ1v) is 14.4. The number of nitrogens with one attached hydrogen (secondary N) is 2. The number of rotatable bonds is 8. The van der Waals surface area contributed by atoms with E-state index in [0.717, 1.165) is 28.5 Å². The largest absolute Gasteiger partial charge is 0.496 e. The van der Waals surface area contributed by atoms with Gasteiger partial charge in [-0.05, 0) is 40.8 Å². The van der Waals surface area contributed by atoms with Crippen LogP contribution in [0.5, 0.6) is 5.75 Å². The number of aliphatic hydroxyl groups excluding tert-OH is 1. The lowest BCUT2D eigenvalue weighted by molar-refractivity contribution is -0.00275. The van der Waals surface area contributed by atoms with E-state index in [4.69, 9.17) is 4.74 Å². The second-order valence-electron chi connectivity index (χ2n) is 10.8. The number of H-pyrrole nitrogens is 1. The highest BCUT2D eigenvalue weighted by Gasteiger charge is 2.25. The van der Waals surface area contributed by atoms with E-state index in [2.05, 4.69) is 9.71 Å². The molecule has 0 aliphatic carbocycles. The van der Waals surface area contributed by atoms with Crippen LogP contribution in [0, 0.1) is 0 Å². The van der Waals surface area contributed by atoms with Crippen LogP contribution >= 0.6 is 0 Å². The molecule has 0 bridgehead atoms. The SMILES string of the molecule is COc1c(C=Cc2ccc(NS(C)(=O)=O)c(CN3CC(O)C3)c2)cc(-n2ccc(=O)[nH]c2=O)cc1C(C)(C)C. The smallest absolute Gasteiger partial charge is 0.332 e. The van der Waals surface area contributed by atoms with Gasteiger partial charge in [-0.25, -0.2) is 13.2 Å². The zero-order valence-electron chi connectivity index (χ0n) is 22.7. The van der Waals surface area contributed by atoms with Crippen LogP contribution in [-0.2, 0) is 22.0 Å². The number of hydrogen-bond acceptors (Lipinski definition) is 7. The fraction of sp³-hybridized carbons (Fsp3) is 0.357. The maximum atomic E-state index is 12.5. The zero-order valence-corrected chi connectivity index (χ0v) is 23.5. The third-order valence-corrected chi connectivity index (χ3v) is 7.02. The molecule has 1 aliphatic rings. The van der Waals surface area contributed by atoms with Crippen molar-refractivity contribution in [3.05, 3.63) is 85.7 Å². The van der Waals surface area contributed by atoms with E-state index in [1.807, 2.05) is 62.1 Å².